The molecule has 0 spiro atoms. The molecule has 2 nitrogen and oxygen atoms in total. The van der Waals surface area contributed by atoms with Crippen molar-refractivity contribution >= 4 is 0 Å². The Morgan fingerprint density at radius 3 is 2.24 bits per heavy atom. The molecule has 1 heterocycles. The molecule has 0 bridgehead atoms. The summed E-state index contributed by atoms with van der Waals surface area (Å²) in [6, 6.07) is 8.57. The highest BCUT2D eigenvalue weighted by molar-refractivity contribution is 5.34. The SMILES string of the molecule is Cc1cccc(C)c1Cn1ccc(CN)c1C. The van der Waals surface area contributed by atoms with Crippen LogP contribution in [-0.2, 0) is 13.1 Å². The summed E-state index contributed by atoms with van der Waals surface area (Å²) in [6.07, 6.45) is 2.13. The predicted octanol–water partition coefficient (Wildman–Crippen LogP) is 2.92. The van der Waals surface area contributed by atoms with Crippen LogP contribution >= 0.6 is 0 Å². The van der Waals surface area contributed by atoms with Crippen LogP contribution in [0.2, 0.25) is 0 Å². The van der Waals surface area contributed by atoms with Crippen molar-refractivity contribution in [2.75, 3.05) is 0 Å². The van der Waals surface area contributed by atoms with Crippen molar-refractivity contribution in [3.63, 3.8) is 0 Å². The van der Waals surface area contributed by atoms with Crippen LogP contribution < -0.4 is 5.73 Å². The quantitative estimate of drug-likeness (QED) is 0.860. The van der Waals surface area contributed by atoms with Crippen molar-refractivity contribution in [1.29, 1.82) is 0 Å². The minimum absolute atomic E-state index is 0.617. The monoisotopic (exact) mass is 228 g/mol. The summed E-state index contributed by atoms with van der Waals surface area (Å²) in [6.45, 7) is 8.03. The smallest absolute Gasteiger partial charge is 0.0478 e. The number of hydrogen-bond donors (Lipinski definition) is 1. The van der Waals surface area contributed by atoms with Crippen molar-refractivity contribution in [3.05, 3.63) is 58.4 Å². The summed E-state index contributed by atoms with van der Waals surface area (Å²) >= 11 is 0. The molecule has 0 unspecified atom stereocenters. The first-order chi connectivity index (χ1) is 8.13. The highest BCUT2D eigenvalue weighted by Gasteiger charge is 2.06. The van der Waals surface area contributed by atoms with E-state index < -0.39 is 0 Å². The van der Waals surface area contributed by atoms with Gasteiger partial charge in [-0.2, -0.15) is 0 Å². The molecule has 0 aliphatic heterocycles. The summed E-state index contributed by atoms with van der Waals surface area (Å²) in [5.41, 5.74) is 12.3. The lowest BCUT2D eigenvalue weighted by Gasteiger charge is -2.12. The van der Waals surface area contributed by atoms with E-state index in [9.17, 15) is 0 Å². The Morgan fingerprint density at radius 2 is 1.71 bits per heavy atom. The van der Waals surface area contributed by atoms with Gasteiger partial charge in [0, 0.05) is 25.0 Å². The van der Waals surface area contributed by atoms with Gasteiger partial charge in [0.05, 0.1) is 0 Å². The molecule has 2 N–H and O–H groups in total. The predicted molar refractivity (Wildman–Crippen MR) is 72.1 cm³/mol. The lowest BCUT2D eigenvalue weighted by molar-refractivity contribution is 0.760. The second kappa shape index (κ2) is 4.76. The number of aromatic nitrogens is 1. The maximum atomic E-state index is 5.70. The van der Waals surface area contributed by atoms with E-state index >= 15 is 0 Å². The van der Waals surface area contributed by atoms with Crippen molar-refractivity contribution in [2.45, 2.75) is 33.9 Å². The molecular formula is C15H20N2. The lowest BCUT2D eigenvalue weighted by atomic mass is 10.0. The van der Waals surface area contributed by atoms with Crippen molar-refractivity contribution in [2.24, 2.45) is 5.73 Å². The van der Waals surface area contributed by atoms with Gasteiger partial charge in [0.2, 0.25) is 0 Å². The average molecular weight is 228 g/mol. The Labute approximate surface area is 103 Å². The van der Waals surface area contributed by atoms with E-state index in [1.165, 1.54) is 27.9 Å². The Kier molecular flexibility index (Phi) is 3.34. The van der Waals surface area contributed by atoms with E-state index in [1.54, 1.807) is 0 Å². The number of nitrogens with two attached hydrogens (primary N) is 1. The molecule has 17 heavy (non-hydrogen) atoms. The summed E-state index contributed by atoms with van der Waals surface area (Å²) in [5, 5.41) is 0. The Hall–Kier alpha value is -1.54. The van der Waals surface area contributed by atoms with E-state index in [0.29, 0.717) is 6.54 Å². The molecule has 1 aromatic carbocycles. The van der Waals surface area contributed by atoms with E-state index in [-0.39, 0.29) is 0 Å². The summed E-state index contributed by atoms with van der Waals surface area (Å²) in [7, 11) is 0. The van der Waals surface area contributed by atoms with Gasteiger partial charge in [-0.3, -0.25) is 0 Å². The minimum Gasteiger partial charge on any atom is -0.347 e. The minimum atomic E-state index is 0.617. The molecule has 1 aromatic heterocycles. The number of aryl methyl sites for hydroxylation is 2. The van der Waals surface area contributed by atoms with Gasteiger partial charge in [-0.1, -0.05) is 18.2 Å². The fourth-order valence-electron chi connectivity index (χ4n) is 2.25. The fraction of sp³-hybridized carbons (Fsp3) is 0.333. The molecule has 2 rings (SSSR count). The van der Waals surface area contributed by atoms with Crippen LogP contribution in [0.1, 0.15) is 27.9 Å². The van der Waals surface area contributed by atoms with E-state index in [2.05, 4.69) is 55.8 Å². The van der Waals surface area contributed by atoms with Crippen LogP contribution in [0.5, 0.6) is 0 Å². The molecule has 90 valence electrons. The van der Waals surface area contributed by atoms with Gasteiger partial charge in [0.1, 0.15) is 0 Å². The standard InChI is InChI=1S/C15H20N2/c1-11-5-4-6-12(2)15(11)10-17-8-7-14(9-16)13(17)3/h4-8H,9-10,16H2,1-3H3. The van der Waals surface area contributed by atoms with Gasteiger partial charge < -0.3 is 10.3 Å². The van der Waals surface area contributed by atoms with Gasteiger partial charge >= 0.3 is 0 Å². The topological polar surface area (TPSA) is 30.9 Å². The van der Waals surface area contributed by atoms with Gasteiger partial charge in [-0.05, 0) is 49.1 Å². The molecular weight excluding hydrogens is 208 g/mol. The largest absolute Gasteiger partial charge is 0.347 e. The average Bonchev–Trinajstić information content (AvgIpc) is 2.65. The zero-order valence-electron chi connectivity index (χ0n) is 10.8. The number of hydrogen-bond acceptors (Lipinski definition) is 1. The van der Waals surface area contributed by atoms with Gasteiger partial charge in [-0.25, -0.2) is 0 Å². The Bertz CT molecular complexity index is 503. The first-order valence-electron chi connectivity index (χ1n) is 6.03. The van der Waals surface area contributed by atoms with Crippen LogP contribution in [0.15, 0.2) is 30.5 Å². The fourth-order valence-corrected chi connectivity index (χ4v) is 2.25. The molecule has 0 aliphatic carbocycles. The zero-order chi connectivity index (χ0) is 12.4. The summed E-state index contributed by atoms with van der Waals surface area (Å²) in [4.78, 5) is 0. The van der Waals surface area contributed by atoms with Gasteiger partial charge in [0.15, 0.2) is 0 Å². The second-order valence-corrected chi connectivity index (χ2v) is 4.63. The first-order valence-corrected chi connectivity index (χ1v) is 6.03. The van der Waals surface area contributed by atoms with Gasteiger partial charge in [0.25, 0.3) is 0 Å². The number of rotatable bonds is 3. The van der Waals surface area contributed by atoms with Crippen LogP contribution in [0.25, 0.3) is 0 Å². The number of benzene rings is 1. The van der Waals surface area contributed by atoms with Gasteiger partial charge in [-0.15, -0.1) is 0 Å². The van der Waals surface area contributed by atoms with Crippen molar-refractivity contribution in [3.8, 4) is 0 Å². The third kappa shape index (κ3) is 2.27. The van der Waals surface area contributed by atoms with E-state index in [4.69, 9.17) is 5.73 Å². The van der Waals surface area contributed by atoms with E-state index in [1.807, 2.05) is 0 Å². The first kappa shape index (κ1) is 11.9. The molecule has 0 fully saturated rings. The lowest BCUT2D eigenvalue weighted by Crippen LogP contribution is -2.06. The van der Waals surface area contributed by atoms with Crippen LogP contribution in [0.3, 0.4) is 0 Å². The second-order valence-electron chi connectivity index (χ2n) is 4.63. The molecule has 0 saturated heterocycles. The highest BCUT2D eigenvalue weighted by atomic mass is 15.0. The Balaban J connectivity index is 2.35. The maximum absolute atomic E-state index is 5.70. The molecule has 2 aromatic rings. The Morgan fingerprint density at radius 1 is 1.06 bits per heavy atom. The molecule has 2 heteroatoms. The van der Waals surface area contributed by atoms with E-state index in [0.717, 1.165) is 6.54 Å². The molecule has 0 amide bonds. The van der Waals surface area contributed by atoms with Crippen LogP contribution in [0.4, 0.5) is 0 Å². The normalized spacial score (nSPS) is 10.8. The van der Waals surface area contributed by atoms with Crippen molar-refractivity contribution in [1.82, 2.24) is 4.57 Å². The zero-order valence-corrected chi connectivity index (χ0v) is 10.8. The summed E-state index contributed by atoms with van der Waals surface area (Å²) in [5.74, 6) is 0. The highest BCUT2D eigenvalue weighted by Crippen LogP contribution is 2.17. The molecule has 0 aliphatic rings. The molecule has 0 radical (unpaired) electrons. The molecule has 0 saturated carbocycles. The molecule has 0 atom stereocenters. The van der Waals surface area contributed by atoms with Crippen molar-refractivity contribution < 1.29 is 0 Å². The third-order valence-electron chi connectivity index (χ3n) is 3.54. The maximum Gasteiger partial charge on any atom is 0.0478 e. The third-order valence-corrected chi connectivity index (χ3v) is 3.54. The van der Waals surface area contributed by atoms with Crippen LogP contribution in [0, 0.1) is 20.8 Å². The summed E-state index contributed by atoms with van der Waals surface area (Å²) < 4.78 is 2.28. The van der Waals surface area contributed by atoms with Crippen LogP contribution in [-0.4, -0.2) is 4.57 Å². The number of nitrogens with zero attached hydrogens (tertiary/aromatic N) is 1.